The highest BCUT2D eigenvalue weighted by Gasteiger charge is 2.23. The summed E-state index contributed by atoms with van der Waals surface area (Å²) in [5, 5.41) is 11.0. The zero-order valence-electron chi connectivity index (χ0n) is 10.2. The maximum Gasteiger partial charge on any atom is 0.320 e. The molecule has 96 valence electrons. The summed E-state index contributed by atoms with van der Waals surface area (Å²) in [5.41, 5.74) is 5.29. The number of H-pyrrole nitrogens is 1. The Hall–Kier alpha value is -1.56. The van der Waals surface area contributed by atoms with Crippen molar-refractivity contribution in [2.24, 2.45) is 11.1 Å². The number of nitrogens with two attached hydrogens (primary N) is 1. The highest BCUT2D eigenvalue weighted by molar-refractivity contribution is 5.73. The Morgan fingerprint density at radius 3 is 2.59 bits per heavy atom. The lowest BCUT2D eigenvalue weighted by atomic mass is 9.89. The van der Waals surface area contributed by atoms with E-state index in [-0.39, 0.29) is 11.8 Å². The molecule has 0 bridgehead atoms. The van der Waals surface area contributed by atoms with Crippen molar-refractivity contribution in [2.75, 3.05) is 0 Å². The average Bonchev–Trinajstić information content (AvgIpc) is 2.47. The first kappa shape index (κ1) is 13.5. The molecule has 0 aliphatic carbocycles. The number of aromatic nitrogens is 1. The van der Waals surface area contributed by atoms with Gasteiger partial charge in [0.2, 0.25) is 0 Å². The van der Waals surface area contributed by atoms with Crippen molar-refractivity contribution in [1.82, 2.24) is 5.16 Å². The van der Waals surface area contributed by atoms with E-state index in [1.54, 1.807) is 0 Å². The summed E-state index contributed by atoms with van der Waals surface area (Å²) in [6.07, 6.45) is 0.528. The van der Waals surface area contributed by atoms with Gasteiger partial charge in [-0.3, -0.25) is 9.59 Å². The molecule has 1 aromatic rings. The fraction of sp³-hybridized carbons (Fsp3) is 0.636. The lowest BCUT2D eigenvalue weighted by molar-refractivity contribution is -0.138. The second kappa shape index (κ2) is 4.75. The van der Waals surface area contributed by atoms with E-state index in [1.165, 1.54) is 0 Å². The second-order valence-corrected chi connectivity index (χ2v) is 5.32. The molecule has 1 atom stereocenters. The minimum atomic E-state index is -1.13. The first-order valence-electron chi connectivity index (χ1n) is 5.38. The maximum atomic E-state index is 11.5. The van der Waals surface area contributed by atoms with E-state index < -0.39 is 17.6 Å². The SMILES string of the molecule is CC(C)(C)Cc1o[nH]c(=O)c1C[C@@H](N)C(=O)O. The molecule has 0 aliphatic heterocycles. The number of nitrogens with one attached hydrogen (secondary N) is 1. The Morgan fingerprint density at radius 2 is 2.12 bits per heavy atom. The molecule has 0 spiro atoms. The third-order valence-electron chi connectivity index (χ3n) is 2.31. The highest BCUT2D eigenvalue weighted by atomic mass is 16.5. The summed E-state index contributed by atoms with van der Waals surface area (Å²) in [5.74, 6) is -0.647. The molecule has 0 radical (unpaired) electrons. The standard InChI is InChI=1S/C11H18N2O4/c1-11(2,3)5-8-6(9(14)13-17-8)4-7(12)10(15)16/h7H,4-5,12H2,1-3H3,(H,13,14)(H,15,16)/t7-/m1/s1. The van der Waals surface area contributed by atoms with Crippen LogP contribution in [-0.2, 0) is 17.6 Å². The van der Waals surface area contributed by atoms with Gasteiger partial charge < -0.3 is 15.4 Å². The van der Waals surface area contributed by atoms with Gasteiger partial charge in [-0.1, -0.05) is 20.8 Å². The zero-order chi connectivity index (χ0) is 13.2. The summed E-state index contributed by atoms with van der Waals surface area (Å²) in [6.45, 7) is 6.00. The van der Waals surface area contributed by atoms with Gasteiger partial charge in [-0.2, -0.15) is 5.16 Å². The zero-order valence-corrected chi connectivity index (χ0v) is 10.2. The van der Waals surface area contributed by atoms with Crippen LogP contribution in [0.25, 0.3) is 0 Å². The minimum absolute atomic E-state index is 0.0212. The van der Waals surface area contributed by atoms with Crippen molar-refractivity contribution in [1.29, 1.82) is 0 Å². The van der Waals surface area contributed by atoms with Crippen LogP contribution in [0, 0.1) is 5.41 Å². The van der Waals surface area contributed by atoms with Gasteiger partial charge >= 0.3 is 5.97 Å². The molecule has 0 saturated carbocycles. The summed E-state index contributed by atoms with van der Waals surface area (Å²) in [6, 6.07) is -1.09. The average molecular weight is 242 g/mol. The molecule has 0 amide bonds. The molecule has 0 fully saturated rings. The van der Waals surface area contributed by atoms with Gasteiger partial charge in [0, 0.05) is 12.8 Å². The number of aliphatic carboxylic acids is 1. The van der Waals surface area contributed by atoms with Crippen LogP contribution in [0.3, 0.4) is 0 Å². The van der Waals surface area contributed by atoms with Crippen LogP contribution >= 0.6 is 0 Å². The molecule has 6 nitrogen and oxygen atoms in total. The Labute approximate surface area is 98.8 Å². The monoisotopic (exact) mass is 242 g/mol. The van der Waals surface area contributed by atoms with E-state index in [0.717, 1.165) is 0 Å². The van der Waals surface area contributed by atoms with Crippen molar-refractivity contribution >= 4 is 5.97 Å². The number of carboxylic acids is 1. The quantitative estimate of drug-likeness (QED) is 0.712. The van der Waals surface area contributed by atoms with Crippen molar-refractivity contribution in [3.05, 3.63) is 21.7 Å². The molecule has 1 rings (SSSR count). The summed E-state index contributed by atoms with van der Waals surface area (Å²) >= 11 is 0. The molecule has 6 heteroatoms. The number of carboxylic acid groups (broad SMARTS) is 1. The van der Waals surface area contributed by atoms with Gasteiger partial charge in [-0.25, -0.2) is 0 Å². The van der Waals surface area contributed by atoms with Gasteiger partial charge in [0.1, 0.15) is 11.8 Å². The van der Waals surface area contributed by atoms with Gasteiger partial charge in [-0.05, 0) is 5.41 Å². The predicted octanol–water partition coefficient (Wildman–Crippen LogP) is 0.511. The summed E-state index contributed by atoms with van der Waals surface area (Å²) < 4.78 is 5.07. The molecule has 0 saturated heterocycles. The van der Waals surface area contributed by atoms with Crippen LogP contribution in [0.1, 0.15) is 32.1 Å². The van der Waals surface area contributed by atoms with Crippen molar-refractivity contribution in [3.8, 4) is 0 Å². The Bertz CT molecular complexity index is 453. The first-order chi connectivity index (χ1) is 7.70. The molecular formula is C11H18N2O4. The predicted molar refractivity (Wildman–Crippen MR) is 61.8 cm³/mol. The van der Waals surface area contributed by atoms with E-state index in [4.69, 9.17) is 15.4 Å². The molecular weight excluding hydrogens is 224 g/mol. The lowest BCUT2D eigenvalue weighted by Gasteiger charge is -2.16. The van der Waals surface area contributed by atoms with E-state index in [2.05, 4.69) is 5.16 Å². The van der Waals surface area contributed by atoms with Crippen LogP contribution in [0.5, 0.6) is 0 Å². The van der Waals surface area contributed by atoms with Crippen LogP contribution in [0.15, 0.2) is 9.32 Å². The molecule has 1 aromatic heterocycles. The Balaban J connectivity index is 2.95. The first-order valence-corrected chi connectivity index (χ1v) is 5.38. The third kappa shape index (κ3) is 3.74. The largest absolute Gasteiger partial charge is 0.480 e. The topological polar surface area (TPSA) is 109 Å². The highest BCUT2D eigenvalue weighted by Crippen LogP contribution is 2.21. The molecule has 0 unspecified atom stereocenters. The summed E-state index contributed by atoms with van der Waals surface area (Å²) in [7, 11) is 0. The number of carbonyl (C=O) groups is 1. The number of rotatable bonds is 4. The number of aromatic amines is 1. The van der Waals surface area contributed by atoms with E-state index in [1.807, 2.05) is 20.8 Å². The number of hydrogen-bond donors (Lipinski definition) is 3. The lowest BCUT2D eigenvalue weighted by Crippen LogP contribution is -2.34. The molecule has 0 aromatic carbocycles. The third-order valence-corrected chi connectivity index (χ3v) is 2.31. The maximum absolute atomic E-state index is 11.5. The van der Waals surface area contributed by atoms with Gasteiger partial charge in [0.05, 0.1) is 5.56 Å². The van der Waals surface area contributed by atoms with Crippen LogP contribution in [-0.4, -0.2) is 22.3 Å². The van der Waals surface area contributed by atoms with Crippen LogP contribution in [0.2, 0.25) is 0 Å². The number of hydrogen-bond acceptors (Lipinski definition) is 4. The van der Waals surface area contributed by atoms with Gasteiger partial charge in [0.25, 0.3) is 5.56 Å². The Kier molecular flexibility index (Phi) is 3.77. The summed E-state index contributed by atoms with van der Waals surface area (Å²) in [4.78, 5) is 22.2. The van der Waals surface area contributed by atoms with Crippen molar-refractivity contribution < 1.29 is 14.4 Å². The van der Waals surface area contributed by atoms with Gasteiger partial charge in [-0.15, -0.1) is 0 Å². The Morgan fingerprint density at radius 1 is 1.53 bits per heavy atom. The van der Waals surface area contributed by atoms with Crippen molar-refractivity contribution in [2.45, 2.75) is 39.7 Å². The van der Waals surface area contributed by atoms with Crippen molar-refractivity contribution in [3.63, 3.8) is 0 Å². The fourth-order valence-electron chi connectivity index (χ4n) is 1.50. The van der Waals surface area contributed by atoms with Crippen LogP contribution in [0.4, 0.5) is 0 Å². The smallest absolute Gasteiger partial charge is 0.320 e. The van der Waals surface area contributed by atoms with E-state index in [9.17, 15) is 9.59 Å². The molecule has 0 aliphatic rings. The van der Waals surface area contributed by atoms with E-state index in [0.29, 0.717) is 17.7 Å². The minimum Gasteiger partial charge on any atom is -0.480 e. The normalized spacial score (nSPS) is 13.6. The van der Waals surface area contributed by atoms with Gasteiger partial charge in [0.15, 0.2) is 0 Å². The van der Waals surface area contributed by atoms with Crippen LogP contribution < -0.4 is 11.3 Å². The molecule has 1 heterocycles. The second-order valence-electron chi connectivity index (χ2n) is 5.32. The molecule has 4 N–H and O–H groups in total. The fourth-order valence-corrected chi connectivity index (χ4v) is 1.50. The van der Waals surface area contributed by atoms with E-state index >= 15 is 0 Å². The molecule has 17 heavy (non-hydrogen) atoms.